The maximum atomic E-state index is 13.6. The van der Waals surface area contributed by atoms with E-state index < -0.39 is 0 Å². The fourth-order valence-corrected chi connectivity index (χ4v) is 8.88. The third kappa shape index (κ3) is 3.42. The van der Waals surface area contributed by atoms with Gasteiger partial charge in [0.05, 0.1) is 13.5 Å². The molecule has 2 amide bonds. The zero-order valence-corrected chi connectivity index (χ0v) is 21.3. The summed E-state index contributed by atoms with van der Waals surface area (Å²) in [5, 5.41) is 2.99. The summed E-state index contributed by atoms with van der Waals surface area (Å²) in [5.74, 6) is 2.83. The molecular weight excluding hydrogens is 408 g/mol. The van der Waals surface area contributed by atoms with Gasteiger partial charge < -0.3 is 5.32 Å². The number of carbonyl (C=O) groups is 2. The van der Waals surface area contributed by atoms with Crippen LogP contribution in [0.15, 0.2) is 24.3 Å². The highest BCUT2D eigenvalue weighted by molar-refractivity contribution is 5.93. The number of benzene rings is 1. The number of amides is 2. The number of likely N-dealkylation sites (tertiary alicyclic amines) is 1. The van der Waals surface area contributed by atoms with Crippen molar-refractivity contribution >= 4 is 23.2 Å². The number of rotatable bonds is 3. The standard InChI is InChI=1S/C29H42N2O2/c1-19(2)27(33)30-20-8-10-21(11-9-20)31(5)25-13-12-22-23-7-6-16-28(23,3)17-14-24(22)29(25,4)18-15-26(31)32/h8-11,19,22-25H,6-7,12-18H2,1-5H3/p+1/t22-,23-,24-,25+,28-,29+,31?/m0/s1. The molecule has 5 rings (SSSR count). The van der Waals surface area contributed by atoms with Gasteiger partial charge in [-0.1, -0.05) is 34.1 Å². The minimum atomic E-state index is -0.0500. The van der Waals surface area contributed by atoms with Gasteiger partial charge in [-0.2, -0.15) is 0 Å². The SMILES string of the molecule is CC(C)C(=O)Nc1ccc([N+]2(C)C(=O)CC[C@@]3(C)[C@H]2CC[C@H]2[C@@H]4CCC[C@@]4(C)CC[C@@H]23)cc1. The molecule has 0 aromatic heterocycles. The largest absolute Gasteiger partial charge is 0.326 e. The van der Waals surface area contributed by atoms with Gasteiger partial charge in [0, 0.05) is 35.6 Å². The van der Waals surface area contributed by atoms with Crippen LogP contribution in [0.5, 0.6) is 0 Å². The fraction of sp³-hybridized carbons (Fsp3) is 0.724. The summed E-state index contributed by atoms with van der Waals surface area (Å²) < 4.78 is 0.431. The van der Waals surface area contributed by atoms with Crippen molar-refractivity contribution in [3.8, 4) is 0 Å². The summed E-state index contributed by atoms with van der Waals surface area (Å²) >= 11 is 0. The Kier molecular flexibility index (Phi) is 5.55. The zero-order valence-electron chi connectivity index (χ0n) is 21.3. The van der Waals surface area contributed by atoms with Crippen LogP contribution in [0.2, 0.25) is 0 Å². The Morgan fingerprint density at radius 2 is 1.73 bits per heavy atom. The molecule has 1 N–H and O–H groups in total. The van der Waals surface area contributed by atoms with E-state index in [1.807, 2.05) is 26.0 Å². The molecule has 1 aromatic rings. The first-order chi connectivity index (χ1) is 15.6. The lowest BCUT2D eigenvalue weighted by Crippen LogP contribution is -2.70. The highest BCUT2D eigenvalue weighted by Crippen LogP contribution is 2.65. The van der Waals surface area contributed by atoms with E-state index >= 15 is 0 Å². The molecule has 0 radical (unpaired) electrons. The van der Waals surface area contributed by atoms with Crippen LogP contribution >= 0.6 is 0 Å². The molecule has 4 fully saturated rings. The van der Waals surface area contributed by atoms with Crippen LogP contribution in [0.3, 0.4) is 0 Å². The predicted molar refractivity (Wildman–Crippen MR) is 135 cm³/mol. The number of quaternary nitrogens is 1. The average molecular weight is 452 g/mol. The Morgan fingerprint density at radius 3 is 2.42 bits per heavy atom. The van der Waals surface area contributed by atoms with Gasteiger partial charge in [0.15, 0.2) is 0 Å². The van der Waals surface area contributed by atoms with Crippen molar-refractivity contribution in [3.63, 3.8) is 0 Å². The summed E-state index contributed by atoms with van der Waals surface area (Å²) in [5.41, 5.74) is 2.69. The first-order valence-electron chi connectivity index (χ1n) is 13.4. The molecule has 4 heteroatoms. The van der Waals surface area contributed by atoms with Crippen molar-refractivity contribution in [2.24, 2.45) is 34.5 Å². The van der Waals surface area contributed by atoms with Crippen molar-refractivity contribution in [3.05, 3.63) is 24.3 Å². The van der Waals surface area contributed by atoms with Crippen LogP contribution in [-0.2, 0) is 9.59 Å². The fourth-order valence-electron chi connectivity index (χ4n) is 8.88. The maximum Gasteiger partial charge on any atom is 0.318 e. The third-order valence-corrected chi connectivity index (χ3v) is 10.8. The van der Waals surface area contributed by atoms with Crippen LogP contribution < -0.4 is 9.80 Å². The van der Waals surface area contributed by atoms with E-state index in [0.717, 1.165) is 42.0 Å². The minimum absolute atomic E-state index is 0.0271. The predicted octanol–water partition coefficient (Wildman–Crippen LogP) is 6.54. The molecule has 1 saturated heterocycles. The maximum absolute atomic E-state index is 13.6. The monoisotopic (exact) mass is 451 g/mol. The molecule has 3 aliphatic carbocycles. The lowest BCUT2D eigenvalue weighted by Gasteiger charge is -2.62. The van der Waals surface area contributed by atoms with E-state index in [4.69, 9.17) is 0 Å². The lowest BCUT2D eigenvalue weighted by atomic mass is 9.47. The number of anilines is 1. The van der Waals surface area contributed by atoms with Crippen molar-refractivity contribution in [2.45, 2.75) is 91.5 Å². The quantitative estimate of drug-likeness (QED) is 0.530. The Hall–Kier alpha value is -1.68. The van der Waals surface area contributed by atoms with Crippen LogP contribution in [0, 0.1) is 34.5 Å². The topological polar surface area (TPSA) is 46.2 Å². The number of hydrogen-bond acceptors (Lipinski definition) is 2. The molecule has 0 spiro atoms. The van der Waals surface area contributed by atoms with Crippen LogP contribution in [-0.4, -0.2) is 24.9 Å². The van der Waals surface area contributed by atoms with Gasteiger partial charge in [0.25, 0.3) is 0 Å². The zero-order chi connectivity index (χ0) is 23.6. The van der Waals surface area contributed by atoms with Gasteiger partial charge in [-0.25, -0.2) is 9.28 Å². The second kappa shape index (κ2) is 7.93. The van der Waals surface area contributed by atoms with E-state index in [1.54, 1.807) is 0 Å². The van der Waals surface area contributed by atoms with Gasteiger partial charge in [-0.05, 0) is 73.8 Å². The summed E-state index contributed by atoms with van der Waals surface area (Å²) in [6, 6.07) is 8.48. The Bertz CT molecular complexity index is 939. The van der Waals surface area contributed by atoms with Crippen LogP contribution in [0.25, 0.3) is 0 Å². The Labute approximate surface area is 200 Å². The molecular formula is C29H43N2O2+. The first-order valence-corrected chi connectivity index (χ1v) is 13.4. The van der Waals surface area contributed by atoms with E-state index in [9.17, 15) is 9.59 Å². The van der Waals surface area contributed by atoms with Gasteiger partial charge >= 0.3 is 5.91 Å². The highest BCUT2D eigenvalue weighted by Gasteiger charge is 2.64. The first kappa shape index (κ1) is 23.1. The van der Waals surface area contributed by atoms with Gasteiger partial charge in [0.1, 0.15) is 11.7 Å². The summed E-state index contributed by atoms with van der Waals surface area (Å²) in [6.45, 7) is 8.91. The number of carbonyl (C=O) groups excluding carboxylic acids is 2. The number of fused-ring (bicyclic) bond motifs is 5. The van der Waals surface area contributed by atoms with Crippen molar-refractivity contribution < 1.29 is 9.59 Å². The van der Waals surface area contributed by atoms with Gasteiger partial charge in [-0.15, -0.1) is 0 Å². The molecule has 7 atom stereocenters. The summed E-state index contributed by atoms with van der Waals surface area (Å²) in [7, 11) is 2.18. The number of hydrogen-bond donors (Lipinski definition) is 1. The molecule has 1 aliphatic heterocycles. The minimum Gasteiger partial charge on any atom is -0.326 e. The molecule has 4 aliphatic rings. The summed E-state index contributed by atoms with van der Waals surface area (Å²) in [6.07, 6.45) is 11.2. The van der Waals surface area contributed by atoms with Crippen molar-refractivity contribution in [2.75, 3.05) is 12.4 Å². The lowest BCUT2D eigenvalue weighted by molar-refractivity contribution is -0.155. The van der Waals surface area contributed by atoms with Gasteiger partial charge in [0.2, 0.25) is 5.91 Å². The second-order valence-corrected chi connectivity index (χ2v) is 12.7. The molecule has 33 heavy (non-hydrogen) atoms. The molecule has 1 unspecified atom stereocenters. The number of nitrogens with one attached hydrogen (secondary N) is 1. The van der Waals surface area contributed by atoms with Gasteiger partial charge in [-0.3, -0.25) is 4.79 Å². The normalized spacial score (nSPS) is 42.4. The smallest absolute Gasteiger partial charge is 0.318 e. The number of piperidine rings is 1. The molecule has 180 valence electrons. The van der Waals surface area contributed by atoms with Crippen LogP contribution in [0.4, 0.5) is 11.4 Å². The Morgan fingerprint density at radius 1 is 1.00 bits per heavy atom. The van der Waals surface area contributed by atoms with Crippen molar-refractivity contribution in [1.82, 2.24) is 4.48 Å². The van der Waals surface area contributed by atoms with E-state index in [0.29, 0.717) is 28.3 Å². The molecule has 1 aromatic carbocycles. The van der Waals surface area contributed by atoms with E-state index in [1.165, 1.54) is 38.5 Å². The third-order valence-electron chi connectivity index (χ3n) is 10.8. The van der Waals surface area contributed by atoms with Crippen molar-refractivity contribution in [1.29, 1.82) is 0 Å². The summed E-state index contributed by atoms with van der Waals surface area (Å²) in [4.78, 5) is 25.7. The van der Waals surface area contributed by atoms with Crippen LogP contribution in [0.1, 0.15) is 85.5 Å². The molecule has 3 saturated carbocycles. The average Bonchev–Trinajstić information content (AvgIpc) is 3.19. The molecule has 4 nitrogen and oxygen atoms in total. The van der Waals surface area contributed by atoms with E-state index in [2.05, 4.69) is 38.3 Å². The second-order valence-electron chi connectivity index (χ2n) is 12.7. The molecule has 0 bridgehead atoms. The van der Waals surface area contributed by atoms with E-state index in [-0.39, 0.29) is 17.2 Å². The Balaban J connectivity index is 1.45. The number of nitrogens with zero attached hydrogens (tertiary/aromatic N) is 1. The highest BCUT2D eigenvalue weighted by atomic mass is 16.2. The molecule has 1 heterocycles.